The van der Waals surface area contributed by atoms with Gasteiger partial charge in [-0.3, -0.25) is 14.0 Å². The smallest absolute Gasteiger partial charge is 0.240 e. The number of nitrogens with one attached hydrogen (secondary N) is 2. The molecule has 0 aromatic heterocycles. The van der Waals surface area contributed by atoms with Crippen molar-refractivity contribution in [2.24, 2.45) is 16.5 Å². The fourth-order valence-electron chi connectivity index (χ4n) is 3.66. The van der Waals surface area contributed by atoms with Gasteiger partial charge < -0.3 is 21.7 Å². The van der Waals surface area contributed by atoms with Crippen LogP contribution in [0.4, 0.5) is 0 Å². The summed E-state index contributed by atoms with van der Waals surface area (Å²) in [4.78, 5) is 18.7. The van der Waals surface area contributed by atoms with E-state index in [2.05, 4.69) is 34.1 Å². The van der Waals surface area contributed by atoms with Crippen molar-refractivity contribution in [2.75, 3.05) is 19.6 Å². The van der Waals surface area contributed by atoms with Gasteiger partial charge in [0.2, 0.25) is 5.91 Å². The van der Waals surface area contributed by atoms with E-state index >= 15 is 0 Å². The second kappa shape index (κ2) is 12.3. The molecule has 0 radical (unpaired) electrons. The molecule has 8 nitrogen and oxygen atoms in total. The average Bonchev–Trinajstić information content (AvgIpc) is 2.73. The van der Waals surface area contributed by atoms with Crippen molar-refractivity contribution < 1.29 is 9.00 Å². The minimum Gasteiger partial charge on any atom is -0.381 e. The first-order chi connectivity index (χ1) is 15.2. The summed E-state index contributed by atoms with van der Waals surface area (Å²) in [6.07, 6.45) is 4.85. The molecule has 9 heteroatoms. The number of amides is 1. The lowest BCUT2D eigenvalue weighted by atomic mass is 10.1. The molecule has 1 saturated heterocycles. The van der Waals surface area contributed by atoms with Gasteiger partial charge in [-0.2, -0.15) is 0 Å². The van der Waals surface area contributed by atoms with E-state index in [0.717, 1.165) is 30.5 Å². The number of piperidine rings is 1. The molecule has 1 aliphatic heterocycles. The maximum absolute atomic E-state index is 13.0. The summed E-state index contributed by atoms with van der Waals surface area (Å²) >= 11 is 0. The summed E-state index contributed by atoms with van der Waals surface area (Å²) in [7, 11) is -2.64. The number of aliphatic imine (C=N–C) groups is 1. The molecule has 1 amide bonds. The van der Waals surface area contributed by atoms with Gasteiger partial charge in [0.05, 0.1) is 18.3 Å². The third-order valence-corrected chi connectivity index (χ3v) is 6.67. The number of nitrogens with two attached hydrogens (primary N) is 2. The number of guanidine groups is 1. The maximum atomic E-state index is 13.0. The zero-order chi connectivity index (χ0) is 23.6. The van der Waals surface area contributed by atoms with Crippen molar-refractivity contribution in [1.29, 1.82) is 0 Å². The fourth-order valence-corrected chi connectivity index (χ4v) is 5.21. The predicted octanol–water partition coefficient (Wildman–Crippen LogP) is 1.11. The summed E-state index contributed by atoms with van der Waals surface area (Å²) < 4.78 is 16.0. The first kappa shape index (κ1) is 25.5. The molecule has 0 saturated carbocycles. The number of nitrogens with zero attached hydrogens (tertiary/aromatic N) is 2. The van der Waals surface area contributed by atoms with Crippen LogP contribution in [0.15, 0.2) is 60.3 Å². The van der Waals surface area contributed by atoms with Crippen LogP contribution in [-0.2, 0) is 20.3 Å². The third-order valence-electron chi connectivity index (χ3n) is 5.15. The van der Waals surface area contributed by atoms with Crippen LogP contribution in [0.1, 0.15) is 31.2 Å². The van der Waals surface area contributed by atoms with Crippen LogP contribution in [0, 0.1) is 0 Å². The number of carbonyl (C=O) groups is 1. The van der Waals surface area contributed by atoms with E-state index in [1.165, 1.54) is 0 Å². The van der Waals surface area contributed by atoms with Gasteiger partial charge >= 0.3 is 0 Å². The van der Waals surface area contributed by atoms with E-state index < -0.39 is 15.7 Å². The molecule has 1 heterocycles. The predicted molar refractivity (Wildman–Crippen MR) is 134 cm³/mol. The molecular formula is C23H36N6O2S. The summed E-state index contributed by atoms with van der Waals surface area (Å²) in [5.74, 6) is 4.15. The van der Waals surface area contributed by atoms with E-state index in [0.29, 0.717) is 26.1 Å². The third kappa shape index (κ3) is 8.76. The Morgan fingerprint density at radius 1 is 1.34 bits per heavy atom. The Kier molecular flexibility index (Phi) is 9.80. The molecular weight excluding hydrogens is 424 g/mol. The molecule has 1 aliphatic rings. The second-order valence-electron chi connectivity index (χ2n) is 8.05. The van der Waals surface area contributed by atoms with E-state index in [9.17, 15) is 9.00 Å². The van der Waals surface area contributed by atoms with Crippen molar-refractivity contribution in [1.82, 2.24) is 14.9 Å². The van der Waals surface area contributed by atoms with Crippen molar-refractivity contribution in [3.05, 3.63) is 60.8 Å². The highest BCUT2D eigenvalue weighted by Crippen LogP contribution is 2.15. The maximum Gasteiger partial charge on any atom is 0.240 e. The number of hydrogen-bond acceptors (Lipinski definition) is 4. The lowest BCUT2D eigenvalue weighted by molar-refractivity contribution is -0.134. The number of carbonyl (C=O) groups excluding carboxylic acids is 1. The lowest BCUT2D eigenvalue weighted by Gasteiger charge is -2.34. The second-order valence-corrected chi connectivity index (χ2v) is 10.2. The van der Waals surface area contributed by atoms with Gasteiger partial charge in [-0.1, -0.05) is 43.0 Å². The first-order valence-corrected chi connectivity index (χ1v) is 12.7. The number of likely N-dealkylation sites (tertiary alicyclic amines) is 1. The Bertz CT molecular complexity index is 910. The Morgan fingerprint density at radius 3 is 2.72 bits per heavy atom. The van der Waals surface area contributed by atoms with Gasteiger partial charge in [-0.25, -0.2) is 4.72 Å². The molecule has 1 fully saturated rings. The average molecular weight is 461 g/mol. The van der Waals surface area contributed by atoms with Crippen LogP contribution < -0.4 is 21.5 Å². The van der Waals surface area contributed by atoms with Gasteiger partial charge in [0.1, 0.15) is 0 Å². The quantitative estimate of drug-likeness (QED) is 0.115. The fraction of sp³-hybridized carbons (Fsp3) is 0.435. The lowest BCUT2D eigenvalue weighted by Crippen LogP contribution is -2.53. The molecule has 3 unspecified atom stereocenters. The highest BCUT2D eigenvalue weighted by Gasteiger charge is 2.30. The molecule has 0 bridgehead atoms. The molecule has 1 aromatic rings. The highest BCUT2D eigenvalue weighted by atomic mass is 32.2. The molecule has 0 aliphatic carbocycles. The van der Waals surface area contributed by atoms with Crippen LogP contribution in [-0.4, -0.2) is 58.6 Å². The van der Waals surface area contributed by atoms with Crippen LogP contribution in [0.2, 0.25) is 0 Å². The van der Waals surface area contributed by atoms with Crippen molar-refractivity contribution in [3.63, 3.8) is 0 Å². The molecule has 3 atom stereocenters. The van der Waals surface area contributed by atoms with Crippen molar-refractivity contribution >= 4 is 27.4 Å². The summed E-state index contributed by atoms with van der Waals surface area (Å²) in [5.41, 5.74) is 12.3. The van der Waals surface area contributed by atoms with E-state index in [-0.39, 0.29) is 23.7 Å². The van der Waals surface area contributed by atoms with Gasteiger partial charge in [0.15, 0.2) is 5.96 Å². The summed E-state index contributed by atoms with van der Waals surface area (Å²) in [6, 6.07) is 9.01. The normalized spacial score (nSPS) is 18.9. The minimum absolute atomic E-state index is 0.00923. The monoisotopic (exact) mass is 460 g/mol. The van der Waals surface area contributed by atoms with Crippen LogP contribution >= 0.6 is 0 Å². The SMILES string of the molecule is C=CC(CCCN=C(N)N)NC(=C)CN1CCCC(NS(=C)(=O)Cc2ccccc2)C1=O. The molecule has 2 rings (SSSR count). The molecule has 6 N–H and O–H groups in total. The van der Waals surface area contributed by atoms with Gasteiger partial charge in [0.25, 0.3) is 0 Å². The van der Waals surface area contributed by atoms with Gasteiger partial charge in [-0.15, -0.1) is 6.58 Å². The molecule has 1 aromatic carbocycles. The van der Waals surface area contributed by atoms with Crippen molar-refractivity contribution in [3.8, 4) is 0 Å². The van der Waals surface area contributed by atoms with Crippen LogP contribution in [0.3, 0.4) is 0 Å². The van der Waals surface area contributed by atoms with Crippen molar-refractivity contribution in [2.45, 2.75) is 43.5 Å². The number of rotatable bonds is 13. The highest BCUT2D eigenvalue weighted by molar-refractivity contribution is 7.97. The molecule has 176 valence electrons. The van der Waals surface area contributed by atoms with Crippen LogP contribution in [0.5, 0.6) is 0 Å². The minimum atomic E-state index is -2.64. The van der Waals surface area contributed by atoms with E-state index in [4.69, 9.17) is 11.5 Å². The largest absolute Gasteiger partial charge is 0.381 e. The topological polar surface area (TPSA) is 126 Å². The Hall–Kier alpha value is -2.78. The molecule has 32 heavy (non-hydrogen) atoms. The van der Waals surface area contributed by atoms with E-state index in [1.54, 1.807) is 4.90 Å². The Morgan fingerprint density at radius 2 is 2.06 bits per heavy atom. The number of benzene rings is 1. The first-order valence-electron chi connectivity index (χ1n) is 10.8. The Labute approximate surface area is 192 Å². The molecule has 0 spiro atoms. The summed E-state index contributed by atoms with van der Waals surface area (Å²) in [5, 5.41) is 3.31. The standard InChI is InChI=1S/C23H36N6O2S/c1-4-20(12-8-14-26-23(24)25)27-18(2)16-29-15-9-13-21(22(29)30)28-32(3,31)17-19-10-6-5-7-11-19/h4-7,10-11,20-21,27H,1-3,8-9,12-17H2,(H,28,31)(H4,24,25,26). The summed E-state index contributed by atoms with van der Waals surface area (Å²) in [6.45, 7) is 9.50. The van der Waals surface area contributed by atoms with Gasteiger partial charge in [-0.05, 0) is 37.1 Å². The van der Waals surface area contributed by atoms with Gasteiger partial charge in [0, 0.05) is 34.5 Å². The Balaban J connectivity index is 1.87. The van der Waals surface area contributed by atoms with E-state index in [1.807, 2.05) is 36.4 Å². The number of hydrogen-bond donors (Lipinski definition) is 4. The zero-order valence-corrected chi connectivity index (χ0v) is 19.5. The zero-order valence-electron chi connectivity index (χ0n) is 18.7. The van der Waals surface area contributed by atoms with Crippen LogP contribution in [0.25, 0.3) is 0 Å².